The van der Waals surface area contributed by atoms with Crippen LogP contribution in [0.15, 0.2) is 0 Å². The van der Waals surface area contributed by atoms with Gasteiger partial charge in [-0.05, 0) is 41.0 Å². The molecule has 0 unspecified atom stereocenters. The number of aliphatic hydroxyl groups is 1. The van der Waals surface area contributed by atoms with Crippen molar-refractivity contribution in [2.24, 2.45) is 0 Å². The Bertz CT molecular complexity index is 286. The van der Waals surface area contributed by atoms with Gasteiger partial charge in [-0.3, -0.25) is 0 Å². The molecule has 1 fully saturated rings. The monoisotopic (exact) mass is 258 g/mol. The average molecular weight is 258 g/mol. The molecule has 5 heteroatoms. The van der Waals surface area contributed by atoms with Gasteiger partial charge in [0.25, 0.3) is 0 Å². The molecule has 0 saturated carbocycles. The van der Waals surface area contributed by atoms with E-state index in [0.29, 0.717) is 13.1 Å². The zero-order valence-electron chi connectivity index (χ0n) is 12.1. The lowest BCUT2D eigenvalue weighted by molar-refractivity contribution is 0.0228. The SMILES string of the molecule is C[C@H](O)CN[C@@H]1CCN(C(=O)OC(C)(C)C)[C@@H]1C. The van der Waals surface area contributed by atoms with Crippen molar-refractivity contribution in [1.29, 1.82) is 0 Å². The highest BCUT2D eigenvalue weighted by Gasteiger charge is 2.35. The molecule has 1 amide bonds. The van der Waals surface area contributed by atoms with Crippen LogP contribution < -0.4 is 5.32 Å². The zero-order chi connectivity index (χ0) is 13.9. The molecule has 0 aromatic carbocycles. The topological polar surface area (TPSA) is 61.8 Å². The molecule has 3 atom stereocenters. The third-order valence-corrected chi connectivity index (χ3v) is 3.06. The van der Waals surface area contributed by atoms with Crippen LogP contribution >= 0.6 is 0 Å². The summed E-state index contributed by atoms with van der Waals surface area (Å²) in [7, 11) is 0. The van der Waals surface area contributed by atoms with Crippen molar-refractivity contribution in [3.05, 3.63) is 0 Å². The fourth-order valence-corrected chi connectivity index (χ4v) is 2.11. The second-order valence-corrected chi connectivity index (χ2v) is 6.07. The molecule has 0 bridgehead atoms. The number of aliphatic hydroxyl groups excluding tert-OH is 1. The number of carbonyl (C=O) groups is 1. The molecule has 0 radical (unpaired) electrons. The molecular formula is C13H26N2O3. The Morgan fingerprint density at radius 3 is 2.67 bits per heavy atom. The Labute approximate surface area is 109 Å². The van der Waals surface area contributed by atoms with Crippen molar-refractivity contribution in [2.75, 3.05) is 13.1 Å². The van der Waals surface area contributed by atoms with E-state index in [9.17, 15) is 9.90 Å². The van der Waals surface area contributed by atoms with Gasteiger partial charge in [0.15, 0.2) is 0 Å². The van der Waals surface area contributed by atoms with Crippen LogP contribution in [0.25, 0.3) is 0 Å². The molecule has 1 rings (SSSR count). The quantitative estimate of drug-likeness (QED) is 0.802. The molecule has 0 aromatic rings. The van der Waals surface area contributed by atoms with Crippen molar-refractivity contribution in [1.82, 2.24) is 10.2 Å². The number of rotatable bonds is 3. The minimum Gasteiger partial charge on any atom is -0.444 e. The summed E-state index contributed by atoms with van der Waals surface area (Å²) in [4.78, 5) is 13.7. The lowest BCUT2D eigenvalue weighted by Crippen LogP contribution is -2.46. The summed E-state index contributed by atoms with van der Waals surface area (Å²) in [5.41, 5.74) is -0.456. The lowest BCUT2D eigenvalue weighted by Gasteiger charge is -2.28. The zero-order valence-corrected chi connectivity index (χ0v) is 12.1. The van der Waals surface area contributed by atoms with E-state index in [1.54, 1.807) is 11.8 Å². The van der Waals surface area contributed by atoms with E-state index in [1.165, 1.54) is 0 Å². The van der Waals surface area contributed by atoms with Gasteiger partial charge in [0.05, 0.1) is 6.10 Å². The van der Waals surface area contributed by atoms with Crippen LogP contribution in [0.2, 0.25) is 0 Å². The van der Waals surface area contributed by atoms with Gasteiger partial charge in [-0.25, -0.2) is 4.79 Å². The van der Waals surface area contributed by atoms with Gasteiger partial charge >= 0.3 is 6.09 Å². The first-order valence-electron chi connectivity index (χ1n) is 6.62. The third-order valence-electron chi connectivity index (χ3n) is 3.06. The van der Waals surface area contributed by atoms with Crippen LogP contribution in [0.3, 0.4) is 0 Å². The number of nitrogens with zero attached hydrogens (tertiary/aromatic N) is 1. The number of nitrogens with one attached hydrogen (secondary N) is 1. The third kappa shape index (κ3) is 4.46. The number of hydrogen-bond acceptors (Lipinski definition) is 4. The minimum atomic E-state index is -0.456. The van der Waals surface area contributed by atoms with E-state index < -0.39 is 5.60 Å². The average Bonchev–Trinajstić information content (AvgIpc) is 2.54. The fourth-order valence-electron chi connectivity index (χ4n) is 2.11. The summed E-state index contributed by atoms with van der Waals surface area (Å²) < 4.78 is 5.38. The molecule has 1 aliphatic rings. The summed E-state index contributed by atoms with van der Waals surface area (Å²) in [6.45, 7) is 10.6. The highest BCUT2D eigenvalue weighted by atomic mass is 16.6. The van der Waals surface area contributed by atoms with Crippen molar-refractivity contribution in [3.8, 4) is 0 Å². The predicted octanol–water partition coefficient (Wildman–Crippen LogP) is 1.35. The Balaban J connectivity index is 2.48. The second-order valence-electron chi connectivity index (χ2n) is 6.07. The molecule has 0 spiro atoms. The van der Waals surface area contributed by atoms with E-state index in [4.69, 9.17) is 4.74 Å². The first-order chi connectivity index (χ1) is 8.20. The molecule has 2 N–H and O–H groups in total. The summed E-state index contributed by atoms with van der Waals surface area (Å²) >= 11 is 0. The molecule has 1 saturated heterocycles. The predicted molar refractivity (Wildman–Crippen MR) is 70.5 cm³/mol. The van der Waals surface area contributed by atoms with E-state index in [0.717, 1.165) is 6.42 Å². The Morgan fingerprint density at radius 1 is 1.56 bits per heavy atom. The van der Waals surface area contributed by atoms with Crippen molar-refractivity contribution in [3.63, 3.8) is 0 Å². The largest absolute Gasteiger partial charge is 0.444 e. The molecule has 5 nitrogen and oxygen atoms in total. The number of hydrogen-bond donors (Lipinski definition) is 2. The van der Waals surface area contributed by atoms with Gasteiger partial charge in [0.1, 0.15) is 5.60 Å². The Hall–Kier alpha value is -0.810. The van der Waals surface area contributed by atoms with Crippen LogP contribution in [0.5, 0.6) is 0 Å². The van der Waals surface area contributed by atoms with Crippen LogP contribution in [0.1, 0.15) is 41.0 Å². The molecular weight excluding hydrogens is 232 g/mol. The minimum absolute atomic E-state index is 0.0959. The summed E-state index contributed by atoms with van der Waals surface area (Å²) in [6.07, 6.45) is 0.275. The van der Waals surface area contributed by atoms with E-state index in [-0.39, 0.29) is 24.3 Å². The molecule has 0 aliphatic carbocycles. The van der Waals surface area contributed by atoms with Crippen molar-refractivity contribution >= 4 is 6.09 Å². The van der Waals surface area contributed by atoms with Gasteiger partial charge in [-0.15, -0.1) is 0 Å². The van der Waals surface area contributed by atoms with E-state index in [1.807, 2.05) is 27.7 Å². The summed E-state index contributed by atoms with van der Waals surface area (Å²) in [5, 5.41) is 12.5. The van der Waals surface area contributed by atoms with Gasteiger partial charge in [0.2, 0.25) is 0 Å². The molecule has 106 valence electrons. The van der Waals surface area contributed by atoms with Crippen LogP contribution in [0, 0.1) is 0 Å². The van der Waals surface area contributed by atoms with Crippen LogP contribution in [0.4, 0.5) is 4.79 Å². The van der Waals surface area contributed by atoms with E-state index in [2.05, 4.69) is 5.32 Å². The highest BCUT2D eigenvalue weighted by molar-refractivity contribution is 5.69. The van der Waals surface area contributed by atoms with Crippen molar-refractivity contribution < 1.29 is 14.6 Å². The summed E-state index contributed by atoms with van der Waals surface area (Å²) in [6, 6.07) is 0.325. The molecule has 1 aliphatic heterocycles. The molecule has 0 aromatic heterocycles. The molecule has 18 heavy (non-hydrogen) atoms. The van der Waals surface area contributed by atoms with Crippen LogP contribution in [-0.4, -0.2) is 53.0 Å². The van der Waals surface area contributed by atoms with Gasteiger partial charge in [-0.2, -0.15) is 0 Å². The Morgan fingerprint density at radius 2 is 2.17 bits per heavy atom. The fraction of sp³-hybridized carbons (Fsp3) is 0.923. The maximum atomic E-state index is 12.0. The van der Waals surface area contributed by atoms with Crippen molar-refractivity contribution in [2.45, 2.75) is 64.8 Å². The summed E-state index contributed by atoms with van der Waals surface area (Å²) in [5.74, 6) is 0. The lowest BCUT2D eigenvalue weighted by atomic mass is 10.1. The van der Waals surface area contributed by atoms with Gasteiger partial charge < -0.3 is 20.1 Å². The first-order valence-corrected chi connectivity index (χ1v) is 6.62. The number of carbonyl (C=O) groups excluding carboxylic acids is 1. The normalized spacial score (nSPS) is 26.2. The van der Waals surface area contributed by atoms with Gasteiger partial charge in [-0.1, -0.05) is 0 Å². The number of amides is 1. The van der Waals surface area contributed by atoms with E-state index >= 15 is 0 Å². The first kappa shape index (κ1) is 15.2. The maximum absolute atomic E-state index is 12.0. The molecule has 1 heterocycles. The maximum Gasteiger partial charge on any atom is 0.410 e. The standard InChI is InChI=1S/C13H26N2O3/c1-9(16)8-14-11-6-7-15(10(11)2)12(17)18-13(3,4)5/h9-11,14,16H,6-8H2,1-5H3/t9-,10+,11+/m0/s1. The Kier molecular flexibility index (Phi) is 4.99. The second kappa shape index (κ2) is 5.89. The number of likely N-dealkylation sites (tertiary alicyclic amines) is 1. The van der Waals surface area contributed by atoms with Crippen LogP contribution in [-0.2, 0) is 4.74 Å². The van der Waals surface area contributed by atoms with Gasteiger partial charge in [0, 0.05) is 25.2 Å². The highest BCUT2D eigenvalue weighted by Crippen LogP contribution is 2.21. The number of ether oxygens (including phenoxy) is 1. The smallest absolute Gasteiger partial charge is 0.410 e.